The Bertz CT molecular complexity index is 941. The van der Waals surface area contributed by atoms with E-state index in [1.165, 1.54) is 0 Å². The molecule has 144 valence electrons. The lowest BCUT2D eigenvalue weighted by Gasteiger charge is -2.08. The average molecular weight is 375 g/mol. The maximum atomic E-state index is 11.8. The van der Waals surface area contributed by atoms with Crippen LogP contribution in [0.3, 0.4) is 0 Å². The summed E-state index contributed by atoms with van der Waals surface area (Å²) in [4.78, 5) is 16.5. The van der Waals surface area contributed by atoms with Crippen molar-refractivity contribution in [2.45, 2.75) is 32.2 Å². The molecule has 1 heterocycles. The Morgan fingerprint density at radius 3 is 2.68 bits per heavy atom. The number of para-hydroxylation sites is 3. The molecule has 5 nitrogen and oxygen atoms in total. The van der Waals surface area contributed by atoms with E-state index in [1.807, 2.05) is 48.5 Å². The summed E-state index contributed by atoms with van der Waals surface area (Å²) in [6, 6.07) is 17.4. The first kappa shape index (κ1) is 19.5. The Kier molecular flexibility index (Phi) is 7.08. The van der Waals surface area contributed by atoms with Crippen molar-refractivity contribution in [1.29, 1.82) is 0 Å². The molecule has 28 heavy (non-hydrogen) atoms. The number of carbonyl (C=O) groups excluding carboxylic acids is 1. The van der Waals surface area contributed by atoms with Gasteiger partial charge in [-0.05, 0) is 37.1 Å². The van der Waals surface area contributed by atoms with Crippen LogP contribution >= 0.6 is 0 Å². The lowest BCUT2D eigenvalue weighted by molar-refractivity contribution is -0.123. The molecule has 0 fully saturated rings. The second kappa shape index (κ2) is 10.2. The Morgan fingerprint density at radius 2 is 1.86 bits per heavy atom. The molecular weight excluding hydrogens is 350 g/mol. The first-order chi connectivity index (χ1) is 13.8. The number of imidazole rings is 1. The molecule has 0 bridgehead atoms. The summed E-state index contributed by atoms with van der Waals surface area (Å²) in [5.41, 5.74) is 2.07. The van der Waals surface area contributed by atoms with Crippen LogP contribution in [0.15, 0.2) is 54.6 Å². The summed E-state index contributed by atoms with van der Waals surface area (Å²) in [6.45, 7) is 1.23. The molecule has 0 aliphatic rings. The minimum atomic E-state index is -0.0975. The zero-order chi connectivity index (χ0) is 19.6. The van der Waals surface area contributed by atoms with Crippen LogP contribution in [0, 0.1) is 12.3 Å². The van der Waals surface area contributed by atoms with Crippen molar-refractivity contribution >= 4 is 16.9 Å². The van der Waals surface area contributed by atoms with Crippen LogP contribution in [0.2, 0.25) is 0 Å². The van der Waals surface area contributed by atoms with Gasteiger partial charge in [-0.3, -0.25) is 4.79 Å². The Labute approximate surface area is 165 Å². The molecule has 0 aliphatic heterocycles. The van der Waals surface area contributed by atoms with Crippen LogP contribution in [0.4, 0.5) is 0 Å². The van der Waals surface area contributed by atoms with Crippen molar-refractivity contribution in [2.24, 2.45) is 0 Å². The quantitative estimate of drug-likeness (QED) is 0.435. The number of amides is 1. The van der Waals surface area contributed by atoms with Gasteiger partial charge in [0.05, 0.1) is 17.6 Å². The van der Waals surface area contributed by atoms with Gasteiger partial charge >= 0.3 is 0 Å². The minimum Gasteiger partial charge on any atom is -0.484 e. The molecule has 1 aromatic heterocycles. The number of aryl methyl sites for hydroxylation is 1. The fraction of sp³-hybridized carbons (Fsp3) is 0.304. The molecule has 3 aromatic rings. The van der Waals surface area contributed by atoms with Crippen LogP contribution in [-0.2, 0) is 17.8 Å². The maximum Gasteiger partial charge on any atom is 0.257 e. The molecule has 2 aromatic carbocycles. The second-order valence-electron chi connectivity index (χ2n) is 6.57. The van der Waals surface area contributed by atoms with Crippen LogP contribution < -0.4 is 10.1 Å². The highest BCUT2D eigenvalue weighted by atomic mass is 16.5. The summed E-state index contributed by atoms with van der Waals surface area (Å²) in [5.74, 6) is 4.34. The van der Waals surface area contributed by atoms with E-state index in [1.54, 1.807) is 0 Å². The molecule has 0 saturated heterocycles. The van der Waals surface area contributed by atoms with Gasteiger partial charge in [-0.15, -0.1) is 6.42 Å². The molecule has 0 spiro atoms. The van der Waals surface area contributed by atoms with Crippen LogP contribution in [0.1, 0.15) is 25.1 Å². The maximum absolute atomic E-state index is 11.8. The monoisotopic (exact) mass is 375 g/mol. The number of rotatable bonds is 10. The highest BCUT2D eigenvalue weighted by molar-refractivity contribution is 5.77. The van der Waals surface area contributed by atoms with E-state index in [4.69, 9.17) is 16.1 Å². The van der Waals surface area contributed by atoms with Crippen LogP contribution in [0.25, 0.3) is 11.0 Å². The molecule has 0 atom stereocenters. The first-order valence-corrected chi connectivity index (χ1v) is 9.60. The molecule has 5 heteroatoms. The predicted molar refractivity (Wildman–Crippen MR) is 111 cm³/mol. The van der Waals surface area contributed by atoms with E-state index < -0.39 is 0 Å². The third kappa shape index (κ3) is 5.37. The van der Waals surface area contributed by atoms with Gasteiger partial charge in [-0.25, -0.2) is 4.98 Å². The fourth-order valence-corrected chi connectivity index (χ4v) is 3.11. The number of nitrogens with zero attached hydrogens (tertiary/aromatic N) is 2. The number of benzene rings is 2. The molecule has 0 saturated carbocycles. The summed E-state index contributed by atoms with van der Waals surface area (Å²) in [5, 5.41) is 2.89. The van der Waals surface area contributed by atoms with Gasteiger partial charge in [0.2, 0.25) is 0 Å². The van der Waals surface area contributed by atoms with Crippen molar-refractivity contribution in [2.75, 3.05) is 13.2 Å². The van der Waals surface area contributed by atoms with Crippen molar-refractivity contribution in [3.05, 3.63) is 60.4 Å². The van der Waals surface area contributed by atoms with Gasteiger partial charge < -0.3 is 14.6 Å². The number of terminal acetylenes is 1. The van der Waals surface area contributed by atoms with E-state index in [0.717, 1.165) is 42.5 Å². The highest BCUT2D eigenvalue weighted by Gasteiger charge is 2.09. The molecule has 0 aliphatic carbocycles. The molecule has 0 radical (unpaired) electrons. The fourth-order valence-electron chi connectivity index (χ4n) is 3.11. The van der Waals surface area contributed by atoms with Crippen LogP contribution in [0.5, 0.6) is 5.75 Å². The van der Waals surface area contributed by atoms with E-state index in [-0.39, 0.29) is 12.5 Å². The van der Waals surface area contributed by atoms with Gasteiger partial charge in [0, 0.05) is 13.0 Å². The van der Waals surface area contributed by atoms with Gasteiger partial charge in [-0.1, -0.05) is 42.7 Å². The van der Waals surface area contributed by atoms with Gasteiger partial charge in [0.25, 0.3) is 5.91 Å². The molecular formula is C23H25N3O2. The standard InChI is InChI=1S/C23H25N3O2/c1-2-17-26-21-14-9-8-13-20(21)25-22(26)15-7-4-10-16-24-23(27)18-28-19-11-5-3-6-12-19/h1,3,5-6,8-9,11-14H,4,7,10,15-18H2,(H,24,27). The lowest BCUT2D eigenvalue weighted by Crippen LogP contribution is -2.29. The largest absolute Gasteiger partial charge is 0.484 e. The number of unbranched alkanes of at least 4 members (excludes halogenated alkanes) is 2. The van der Waals surface area contributed by atoms with Crippen molar-refractivity contribution in [3.8, 4) is 18.1 Å². The number of hydrogen-bond acceptors (Lipinski definition) is 3. The summed E-state index contributed by atoms with van der Waals surface area (Å²) >= 11 is 0. The van der Waals surface area contributed by atoms with E-state index in [9.17, 15) is 4.79 Å². The Morgan fingerprint density at radius 1 is 1.07 bits per heavy atom. The third-order valence-electron chi connectivity index (χ3n) is 4.50. The predicted octanol–water partition coefficient (Wildman–Crippen LogP) is 3.58. The first-order valence-electron chi connectivity index (χ1n) is 9.60. The van der Waals surface area contributed by atoms with Crippen molar-refractivity contribution in [3.63, 3.8) is 0 Å². The number of fused-ring (bicyclic) bond motifs is 1. The summed E-state index contributed by atoms with van der Waals surface area (Å²) < 4.78 is 7.54. The number of hydrogen-bond donors (Lipinski definition) is 1. The zero-order valence-electron chi connectivity index (χ0n) is 15.9. The Hall–Kier alpha value is -3.26. The highest BCUT2D eigenvalue weighted by Crippen LogP contribution is 2.17. The van der Waals surface area contributed by atoms with Crippen molar-refractivity contribution < 1.29 is 9.53 Å². The second-order valence-corrected chi connectivity index (χ2v) is 6.57. The zero-order valence-corrected chi connectivity index (χ0v) is 15.9. The van der Waals surface area contributed by atoms with Gasteiger partial charge in [-0.2, -0.15) is 0 Å². The third-order valence-corrected chi connectivity index (χ3v) is 4.50. The lowest BCUT2D eigenvalue weighted by atomic mass is 10.2. The normalized spacial score (nSPS) is 10.5. The number of carbonyl (C=O) groups is 1. The summed E-state index contributed by atoms with van der Waals surface area (Å²) in [6.07, 6.45) is 9.33. The van der Waals surface area contributed by atoms with Gasteiger partial charge in [0.1, 0.15) is 11.6 Å². The molecule has 1 amide bonds. The minimum absolute atomic E-state index is 0.0418. The Balaban J connectivity index is 1.36. The number of nitrogens with one attached hydrogen (secondary N) is 1. The smallest absolute Gasteiger partial charge is 0.257 e. The number of ether oxygens (including phenoxy) is 1. The van der Waals surface area contributed by atoms with Crippen LogP contribution in [-0.4, -0.2) is 28.6 Å². The van der Waals surface area contributed by atoms with Crippen molar-refractivity contribution in [1.82, 2.24) is 14.9 Å². The molecule has 0 unspecified atom stereocenters. The molecule has 1 N–H and O–H groups in total. The van der Waals surface area contributed by atoms with E-state index >= 15 is 0 Å². The number of aromatic nitrogens is 2. The molecule has 3 rings (SSSR count). The average Bonchev–Trinajstić information content (AvgIpc) is 3.07. The summed E-state index contributed by atoms with van der Waals surface area (Å²) in [7, 11) is 0. The van der Waals surface area contributed by atoms with Gasteiger partial charge in [0.15, 0.2) is 6.61 Å². The topological polar surface area (TPSA) is 56.2 Å². The van der Waals surface area contributed by atoms with E-state index in [0.29, 0.717) is 18.8 Å². The SMILES string of the molecule is C#CCn1c(CCCCCNC(=O)COc2ccccc2)nc2ccccc21. The van der Waals surface area contributed by atoms with E-state index in [2.05, 4.69) is 21.9 Å².